The molecule has 2 rings (SSSR count). The van der Waals surface area contributed by atoms with Crippen molar-refractivity contribution in [2.45, 2.75) is 37.5 Å². The molecule has 1 aliphatic rings. The lowest BCUT2D eigenvalue weighted by Gasteiger charge is -2.22. The third-order valence-corrected chi connectivity index (χ3v) is 5.52. The highest BCUT2D eigenvalue weighted by molar-refractivity contribution is 7.89. The molecule has 9 heteroatoms. The van der Waals surface area contributed by atoms with Gasteiger partial charge in [-0.1, -0.05) is 6.92 Å². The molecule has 0 radical (unpaired) electrons. The van der Waals surface area contributed by atoms with E-state index in [0.29, 0.717) is 18.9 Å². The minimum atomic E-state index is -3.70. The van der Waals surface area contributed by atoms with Crippen LogP contribution >= 0.6 is 12.4 Å². The Hall–Kier alpha value is -1.09. The highest BCUT2D eigenvalue weighted by Gasteiger charge is 2.25. The van der Waals surface area contributed by atoms with Crippen molar-refractivity contribution in [2.24, 2.45) is 5.92 Å². The number of methoxy groups -OCH3 is 1. The normalized spacial score (nSPS) is 18.0. The van der Waals surface area contributed by atoms with Gasteiger partial charge in [0.2, 0.25) is 15.8 Å². The van der Waals surface area contributed by atoms with Crippen molar-refractivity contribution in [2.75, 3.05) is 26.7 Å². The average molecular weight is 381 g/mol. The zero-order valence-corrected chi connectivity index (χ0v) is 15.6. The van der Waals surface area contributed by atoms with Crippen molar-refractivity contribution < 1.29 is 22.4 Å². The first-order chi connectivity index (χ1) is 11.0. The standard InChI is InChI=1S/C15H24N2O5S.ClH/c1-3-12-14(9-13(22-12)15(18)21-2)23(19,20)17-8-6-11-5-4-7-16-10-11;/h9,11,16-17H,3-8,10H2,1-2H3;1H. The predicted molar refractivity (Wildman–Crippen MR) is 92.1 cm³/mol. The molecule has 7 nitrogen and oxygen atoms in total. The SMILES string of the molecule is CCc1oc(C(=O)OC)cc1S(=O)(=O)NCCC1CCCNC1.Cl. The van der Waals surface area contributed by atoms with Crippen LogP contribution in [-0.4, -0.2) is 41.1 Å². The van der Waals surface area contributed by atoms with Crippen LogP contribution in [0.15, 0.2) is 15.4 Å². The monoisotopic (exact) mass is 380 g/mol. The second-order valence-electron chi connectivity index (χ2n) is 5.64. The van der Waals surface area contributed by atoms with E-state index >= 15 is 0 Å². The van der Waals surface area contributed by atoms with Gasteiger partial charge in [-0.15, -0.1) is 12.4 Å². The molecule has 1 atom stereocenters. The summed E-state index contributed by atoms with van der Waals surface area (Å²) in [4.78, 5) is 11.5. The van der Waals surface area contributed by atoms with Gasteiger partial charge in [0.15, 0.2) is 0 Å². The summed E-state index contributed by atoms with van der Waals surface area (Å²) in [7, 11) is -2.47. The van der Waals surface area contributed by atoms with Gasteiger partial charge in [0.05, 0.1) is 7.11 Å². The first-order valence-electron chi connectivity index (χ1n) is 7.89. The van der Waals surface area contributed by atoms with Crippen LogP contribution in [0.1, 0.15) is 42.5 Å². The second-order valence-corrected chi connectivity index (χ2v) is 7.38. The van der Waals surface area contributed by atoms with Crippen molar-refractivity contribution in [3.05, 3.63) is 17.6 Å². The Labute approximate surface area is 149 Å². The molecule has 1 saturated heterocycles. The molecule has 1 aliphatic heterocycles. The Bertz CT molecular complexity index is 638. The summed E-state index contributed by atoms with van der Waals surface area (Å²) >= 11 is 0. The van der Waals surface area contributed by atoms with Crippen LogP contribution in [0.3, 0.4) is 0 Å². The summed E-state index contributed by atoms with van der Waals surface area (Å²) in [6.07, 6.45) is 3.41. The van der Waals surface area contributed by atoms with E-state index in [4.69, 9.17) is 4.42 Å². The lowest BCUT2D eigenvalue weighted by molar-refractivity contribution is 0.0563. The molecular formula is C15H25ClN2O5S. The number of sulfonamides is 1. The quantitative estimate of drug-likeness (QED) is 0.699. The van der Waals surface area contributed by atoms with E-state index in [1.54, 1.807) is 6.92 Å². The number of aryl methyl sites for hydroxylation is 1. The van der Waals surface area contributed by atoms with Crippen molar-refractivity contribution >= 4 is 28.4 Å². The van der Waals surface area contributed by atoms with Crippen molar-refractivity contribution in [1.82, 2.24) is 10.0 Å². The summed E-state index contributed by atoms with van der Waals surface area (Å²) in [6.45, 7) is 4.11. The van der Waals surface area contributed by atoms with Crippen LogP contribution in [-0.2, 0) is 21.2 Å². The molecule has 0 spiro atoms. The lowest BCUT2D eigenvalue weighted by atomic mass is 9.96. The number of hydrogen-bond donors (Lipinski definition) is 2. The maximum Gasteiger partial charge on any atom is 0.373 e. The molecule has 138 valence electrons. The first-order valence-corrected chi connectivity index (χ1v) is 9.37. The topological polar surface area (TPSA) is 97.6 Å². The molecule has 1 fully saturated rings. The van der Waals surface area contributed by atoms with E-state index in [1.165, 1.54) is 13.2 Å². The van der Waals surface area contributed by atoms with Gasteiger partial charge in [-0.25, -0.2) is 17.9 Å². The number of carbonyl (C=O) groups excluding carboxylic acids is 1. The summed E-state index contributed by atoms with van der Waals surface area (Å²) in [5.41, 5.74) is 0. The van der Waals surface area contributed by atoms with Crippen LogP contribution < -0.4 is 10.0 Å². The molecule has 0 amide bonds. The fraction of sp³-hybridized carbons (Fsp3) is 0.667. The number of carbonyl (C=O) groups is 1. The maximum atomic E-state index is 12.4. The molecule has 2 N–H and O–H groups in total. The van der Waals surface area contributed by atoms with E-state index in [-0.39, 0.29) is 28.8 Å². The molecule has 0 bridgehead atoms. The highest BCUT2D eigenvalue weighted by atomic mass is 35.5. The van der Waals surface area contributed by atoms with Gasteiger partial charge in [0.25, 0.3) is 0 Å². The fourth-order valence-corrected chi connectivity index (χ4v) is 4.02. The number of esters is 1. The molecule has 1 aromatic rings. The number of rotatable bonds is 7. The van der Waals surface area contributed by atoms with E-state index in [0.717, 1.165) is 32.4 Å². The van der Waals surface area contributed by atoms with Gasteiger partial charge in [0.1, 0.15) is 10.7 Å². The van der Waals surface area contributed by atoms with Crippen LogP contribution in [0.4, 0.5) is 0 Å². The van der Waals surface area contributed by atoms with E-state index in [2.05, 4.69) is 14.8 Å². The van der Waals surface area contributed by atoms with Gasteiger partial charge >= 0.3 is 5.97 Å². The van der Waals surface area contributed by atoms with Crippen LogP contribution in [0.25, 0.3) is 0 Å². The first kappa shape index (κ1) is 21.0. The van der Waals surface area contributed by atoms with Gasteiger partial charge in [-0.05, 0) is 38.3 Å². The predicted octanol–water partition coefficient (Wildman–Crippen LogP) is 1.72. The fourth-order valence-electron chi connectivity index (χ4n) is 2.73. The third-order valence-electron chi connectivity index (χ3n) is 4.01. The summed E-state index contributed by atoms with van der Waals surface area (Å²) in [6, 6.07) is 1.23. The van der Waals surface area contributed by atoms with Gasteiger partial charge in [-0.2, -0.15) is 0 Å². The van der Waals surface area contributed by atoms with E-state index in [1.807, 2.05) is 0 Å². The minimum absolute atomic E-state index is 0. The molecule has 24 heavy (non-hydrogen) atoms. The van der Waals surface area contributed by atoms with Gasteiger partial charge in [-0.3, -0.25) is 0 Å². The Kier molecular flexibility index (Phi) is 8.21. The Morgan fingerprint density at radius 3 is 2.83 bits per heavy atom. The van der Waals surface area contributed by atoms with Crippen molar-refractivity contribution in [3.63, 3.8) is 0 Å². The summed E-state index contributed by atoms with van der Waals surface area (Å²) < 4.78 is 37.3. The van der Waals surface area contributed by atoms with Crippen molar-refractivity contribution in [1.29, 1.82) is 0 Å². The number of nitrogens with one attached hydrogen (secondary N) is 2. The van der Waals surface area contributed by atoms with Crippen LogP contribution in [0.5, 0.6) is 0 Å². The third kappa shape index (κ3) is 5.20. The number of halogens is 1. The van der Waals surface area contributed by atoms with Gasteiger partial charge in [0, 0.05) is 19.0 Å². The van der Waals surface area contributed by atoms with E-state index < -0.39 is 16.0 Å². The lowest BCUT2D eigenvalue weighted by Crippen LogP contribution is -2.33. The summed E-state index contributed by atoms with van der Waals surface area (Å²) in [5.74, 6) is -0.0278. The smallest absolute Gasteiger partial charge is 0.373 e. The zero-order valence-electron chi connectivity index (χ0n) is 14.0. The van der Waals surface area contributed by atoms with E-state index in [9.17, 15) is 13.2 Å². The maximum absolute atomic E-state index is 12.4. The van der Waals surface area contributed by atoms with Crippen LogP contribution in [0, 0.1) is 5.92 Å². The minimum Gasteiger partial charge on any atom is -0.463 e. The average Bonchev–Trinajstić information content (AvgIpc) is 3.00. The Morgan fingerprint density at radius 2 is 2.25 bits per heavy atom. The Balaban J connectivity index is 0.00000288. The molecule has 2 heterocycles. The van der Waals surface area contributed by atoms with Crippen molar-refractivity contribution in [3.8, 4) is 0 Å². The zero-order chi connectivity index (χ0) is 16.9. The largest absolute Gasteiger partial charge is 0.463 e. The highest BCUT2D eigenvalue weighted by Crippen LogP contribution is 2.22. The number of ether oxygens (including phenoxy) is 1. The van der Waals surface area contributed by atoms with Gasteiger partial charge < -0.3 is 14.5 Å². The molecule has 1 unspecified atom stereocenters. The number of piperidine rings is 1. The number of hydrogen-bond acceptors (Lipinski definition) is 6. The molecule has 1 aromatic heterocycles. The Morgan fingerprint density at radius 1 is 1.50 bits per heavy atom. The summed E-state index contributed by atoms with van der Waals surface area (Å²) in [5, 5.41) is 3.31. The van der Waals surface area contributed by atoms with Crippen LogP contribution in [0.2, 0.25) is 0 Å². The molecular weight excluding hydrogens is 356 g/mol. The molecule has 0 saturated carbocycles. The number of furan rings is 1. The second kappa shape index (κ2) is 9.41. The molecule has 0 aliphatic carbocycles. The molecule has 0 aromatic carbocycles.